The fourth-order valence-corrected chi connectivity index (χ4v) is 2.13. The number of anilines is 1. The van der Waals surface area contributed by atoms with Crippen LogP contribution in [-0.4, -0.2) is 24.1 Å². The number of carbonyl (C=O) groups is 1. The second-order valence-electron chi connectivity index (χ2n) is 4.51. The van der Waals surface area contributed by atoms with E-state index >= 15 is 0 Å². The number of aromatic nitrogens is 1. The van der Waals surface area contributed by atoms with Crippen LogP contribution in [0.2, 0.25) is 5.02 Å². The summed E-state index contributed by atoms with van der Waals surface area (Å²) in [6, 6.07) is 10.6. The Labute approximate surface area is 126 Å². The van der Waals surface area contributed by atoms with Gasteiger partial charge in [-0.05, 0) is 24.3 Å². The zero-order valence-electron chi connectivity index (χ0n) is 11.1. The molecule has 108 valence electrons. The summed E-state index contributed by atoms with van der Waals surface area (Å²) in [5.41, 5.74) is 1.83. The van der Waals surface area contributed by atoms with Gasteiger partial charge in [-0.2, -0.15) is 0 Å². The first-order valence-electron chi connectivity index (χ1n) is 6.48. The van der Waals surface area contributed by atoms with Gasteiger partial charge in [0.2, 0.25) is 0 Å². The van der Waals surface area contributed by atoms with E-state index in [0.717, 1.165) is 5.56 Å². The zero-order chi connectivity index (χ0) is 14.7. The van der Waals surface area contributed by atoms with Crippen molar-refractivity contribution in [2.24, 2.45) is 0 Å². The molecule has 0 aliphatic carbocycles. The Balaban J connectivity index is 1.73. The minimum Gasteiger partial charge on any atom is -0.346 e. The Morgan fingerprint density at radius 2 is 2.05 bits per heavy atom. The van der Waals surface area contributed by atoms with E-state index < -0.39 is 0 Å². The monoisotopic (exact) mass is 304 g/mol. The van der Waals surface area contributed by atoms with E-state index in [1.165, 1.54) is 6.20 Å². The molecule has 1 aliphatic rings. The van der Waals surface area contributed by atoms with Gasteiger partial charge in [0, 0.05) is 17.4 Å². The third-order valence-electron chi connectivity index (χ3n) is 3.00. The van der Waals surface area contributed by atoms with Crippen LogP contribution in [0.5, 0.6) is 0 Å². The predicted octanol–water partition coefficient (Wildman–Crippen LogP) is 3.03. The second-order valence-corrected chi connectivity index (χ2v) is 4.95. The van der Waals surface area contributed by atoms with E-state index in [2.05, 4.69) is 10.3 Å². The number of nitrogens with one attached hydrogen (secondary N) is 1. The maximum absolute atomic E-state index is 12.1. The van der Waals surface area contributed by atoms with E-state index in [1.54, 1.807) is 18.2 Å². The molecular formula is C15H13ClN2O3. The quantitative estimate of drug-likeness (QED) is 0.947. The van der Waals surface area contributed by atoms with Gasteiger partial charge in [-0.15, -0.1) is 0 Å². The normalized spacial score (nSPS) is 15.1. The van der Waals surface area contributed by atoms with E-state index in [0.29, 0.717) is 29.6 Å². The van der Waals surface area contributed by atoms with Crippen molar-refractivity contribution in [1.82, 2.24) is 4.98 Å². The van der Waals surface area contributed by atoms with Gasteiger partial charge in [0.15, 0.2) is 6.29 Å². The third-order valence-corrected chi connectivity index (χ3v) is 3.22. The summed E-state index contributed by atoms with van der Waals surface area (Å²) < 4.78 is 10.9. The Bertz CT molecular complexity index is 640. The van der Waals surface area contributed by atoms with Gasteiger partial charge in [0.25, 0.3) is 5.91 Å². The van der Waals surface area contributed by atoms with Gasteiger partial charge in [0.05, 0.1) is 18.2 Å². The predicted molar refractivity (Wildman–Crippen MR) is 78.3 cm³/mol. The van der Waals surface area contributed by atoms with Gasteiger partial charge in [-0.3, -0.25) is 4.79 Å². The van der Waals surface area contributed by atoms with Crippen LogP contribution >= 0.6 is 11.6 Å². The minimum atomic E-state index is -0.365. The molecule has 5 nitrogen and oxygen atoms in total. The number of halogens is 1. The summed E-state index contributed by atoms with van der Waals surface area (Å²) in [5.74, 6) is -0.294. The smallest absolute Gasteiger partial charge is 0.274 e. The number of ether oxygens (including phenoxy) is 2. The Kier molecular flexibility index (Phi) is 4.15. The van der Waals surface area contributed by atoms with Crippen LogP contribution in [0, 0.1) is 0 Å². The van der Waals surface area contributed by atoms with Crippen LogP contribution in [0.1, 0.15) is 22.3 Å². The molecule has 2 aromatic rings. The number of benzene rings is 1. The number of carbonyl (C=O) groups excluding carboxylic acids is 1. The molecule has 0 radical (unpaired) electrons. The Morgan fingerprint density at radius 1 is 1.24 bits per heavy atom. The maximum atomic E-state index is 12.1. The molecule has 1 saturated heterocycles. The van der Waals surface area contributed by atoms with Gasteiger partial charge in [-0.1, -0.05) is 23.7 Å². The molecule has 21 heavy (non-hydrogen) atoms. The van der Waals surface area contributed by atoms with Crippen LogP contribution in [0.25, 0.3) is 0 Å². The van der Waals surface area contributed by atoms with Crippen LogP contribution in [0.3, 0.4) is 0 Å². The summed E-state index contributed by atoms with van der Waals surface area (Å²) in [6.07, 6.45) is 1.07. The van der Waals surface area contributed by atoms with Crippen molar-refractivity contribution in [3.63, 3.8) is 0 Å². The second kappa shape index (κ2) is 6.22. The minimum absolute atomic E-state index is 0.294. The molecule has 2 heterocycles. The first-order chi connectivity index (χ1) is 10.2. The van der Waals surface area contributed by atoms with Crippen LogP contribution < -0.4 is 5.32 Å². The highest BCUT2D eigenvalue weighted by Crippen LogP contribution is 2.25. The SMILES string of the molecule is O=C(Nc1cccc(C2OCCO2)c1)c1ccc(Cl)cn1. The summed E-state index contributed by atoms with van der Waals surface area (Å²) in [4.78, 5) is 16.1. The van der Waals surface area contributed by atoms with Gasteiger partial charge >= 0.3 is 0 Å². The molecule has 0 atom stereocenters. The van der Waals surface area contributed by atoms with Crippen molar-refractivity contribution >= 4 is 23.2 Å². The molecule has 3 rings (SSSR count). The van der Waals surface area contributed by atoms with Gasteiger partial charge in [-0.25, -0.2) is 4.98 Å². The first kappa shape index (κ1) is 14.0. The Morgan fingerprint density at radius 3 is 2.76 bits per heavy atom. The Hall–Kier alpha value is -1.95. The number of hydrogen-bond donors (Lipinski definition) is 1. The van der Waals surface area contributed by atoms with Crippen molar-refractivity contribution in [1.29, 1.82) is 0 Å². The van der Waals surface area contributed by atoms with Crippen molar-refractivity contribution < 1.29 is 14.3 Å². The molecule has 1 fully saturated rings. The number of hydrogen-bond acceptors (Lipinski definition) is 4. The lowest BCUT2D eigenvalue weighted by Crippen LogP contribution is -2.13. The van der Waals surface area contributed by atoms with Crippen molar-refractivity contribution in [2.75, 3.05) is 18.5 Å². The molecule has 1 amide bonds. The summed E-state index contributed by atoms with van der Waals surface area (Å²) in [5, 5.41) is 3.28. The highest BCUT2D eigenvalue weighted by molar-refractivity contribution is 6.30. The number of rotatable bonds is 3. The van der Waals surface area contributed by atoms with E-state index in [9.17, 15) is 4.79 Å². The maximum Gasteiger partial charge on any atom is 0.274 e. The van der Waals surface area contributed by atoms with E-state index in [-0.39, 0.29) is 12.2 Å². The summed E-state index contributed by atoms with van der Waals surface area (Å²) >= 11 is 5.75. The fourth-order valence-electron chi connectivity index (χ4n) is 2.02. The third kappa shape index (κ3) is 3.39. The largest absolute Gasteiger partial charge is 0.346 e. The van der Waals surface area contributed by atoms with Gasteiger partial charge < -0.3 is 14.8 Å². The average Bonchev–Trinajstić information content (AvgIpc) is 3.02. The summed E-state index contributed by atoms with van der Waals surface area (Å²) in [7, 11) is 0. The lowest BCUT2D eigenvalue weighted by molar-refractivity contribution is -0.0440. The van der Waals surface area contributed by atoms with Crippen molar-refractivity contribution in [2.45, 2.75) is 6.29 Å². The highest BCUT2D eigenvalue weighted by atomic mass is 35.5. The molecule has 0 saturated carbocycles. The fraction of sp³-hybridized carbons (Fsp3) is 0.200. The molecular weight excluding hydrogens is 292 g/mol. The average molecular weight is 305 g/mol. The zero-order valence-corrected chi connectivity index (χ0v) is 11.8. The number of pyridine rings is 1. The number of nitrogens with zero attached hydrogens (tertiary/aromatic N) is 1. The lowest BCUT2D eigenvalue weighted by atomic mass is 10.2. The number of amides is 1. The molecule has 0 bridgehead atoms. The topological polar surface area (TPSA) is 60.5 Å². The molecule has 0 unspecified atom stereocenters. The molecule has 1 N–H and O–H groups in total. The van der Waals surface area contributed by atoms with Crippen LogP contribution in [0.4, 0.5) is 5.69 Å². The molecule has 6 heteroatoms. The van der Waals surface area contributed by atoms with E-state index in [4.69, 9.17) is 21.1 Å². The van der Waals surface area contributed by atoms with Gasteiger partial charge in [0.1, 0.15) is 5.69 Å². The van der Waals surface area contributed by atoms with Crippen molar-refractivity contribution in [3.05, 3.63) is 58.9 Å². The molecule has 1 aromatic carbocycles. The molecule has 0 spiro atoms. The lowest BCUT2D eigenvalue weighted by Gasteiger charge is -2.11. The highest BCUT2D eigenvalue weighted by Gasteiger charge is 2.18. The standard InChI is InChI=1S/C15H13ClN2O3/c16-11-4-5-13(17-9-11)14(19)18-12-3-1-2-10(8-12)15-20-6-7-21-15/h1-5,8-9,15H,6-7H2,(H,18,19). The first-order valence-corrected chi connectivity index (χ1v) is 6.86. The van der Waals surface area contributed by atoms with Crippen molar-refractivity contribution in [3.8, 4) is 0 Å². The van der Waals surface area contributed by atoms with Crippen LogP contribution in [-0.2, 0) is 9.47 Å². The van der Waals surface area contributed by atoms with E-state index in [1.807, 2.05) is 18.2 Å². The molecule has 1 aliphatic heterocycles. The van der Waals surface area contributed by atoms with Crippen LogP contribution in [0.15, 0.2) is 42.6 Å². The molecule has 1 aromatic heterocycles. The summed E-state index contributed by atoms with van der Waals surface area (Å²) in [6.45, 7) is 1.16.